The van der Waals surface area contributed by atoms with Gasteiger partial charge in [-0.2, -0.15) is 0 Å². The number of benzene rings is 1. The SMILES string of the molecule is CC(C)CN1CCN(C2CCOC3(CCN(C(=O)c4cc5ccccc5[nH]4)CC3)C2)CC1. The third-order valence-electron chi connectivity index (χ3n) is 7.74. The molecule has 3 saturated heterocycles. The van der Waals surface area contributed by atoms with E-state index in [2.05, 4.69) is 28.6 Å². The van der Waals surface area contributed by atoms with Crippen LogP contribution in [0.2, 0.25) is 0 Å². The molecule has 1 amide bonds. The summed E-state index contributed by atoms with van der Waals surface area (Å²) in [6.07, 6.45) is 4.15. The molecule has 0 bridgehead atoms. The van der Waals surface area contributed by atoms with Crippen LogP contribution >= 0.6 is 0 Å². The van der Waals surface area contributed by atoms with Crippen LogP contribution in [-0.2, 0) is 4.74 Å². The number of fused-ring (bicyclic) bond motifs is 1. The molecule has 6 heteroatoms. The minimum absolute atomic E-state index is 0.0464. The van der Waals surface area contributed by atoms with E-state index in [1.165, 1.54) is 32.7 Å². The number of rotatable bonds is 4. The summed E-state index contributed by atoms with van der Waals surface area (Å²) in [4.78, 5) is 23.7. The molecule has 1 unspecified atom stereocenters. The normalized spacial score (nSPS) is 25.1. The number of amides is 1. The summed E-state index contributed by atoms with van der Waals surface area (Å²) in [6.45, 7) is 13.0. The van der Waals surface area contributed by atoms with Crippen molar-refractivity contribution in [3.8, 4) is 0 Å². The van der Waals surface area contributed by atoms with Crippen molar-refractivity contribution in [3.05, 3.63) is 36.0 Å². The molecule has 1 spiro atoms. The first-order chi connectivity index (χ1) is 15.5. The Morgan fingerprint density at radius 2 is 1.88 bits per heavy atom. The van der Waals surface area contributed by atoms with Gasteiger partial charge in [0.15, 0.2) is 0 Å². The molecule has 3 aliphatic heterocycles. The van der Waals surface area contributed by atoms with Crippen molar-refractivity contribution in [2.24, 2.45) is 5.92 Å². The average Bonchev–Trinajstić information content (AvgIpc) is 3.24. The van der Waals surface area contributed by atoms with Crippen LogP contribution in [0.3, 0.4) is 0 Å². The maximum Gasteiger partial charge on any atom is 0.270 e. The second kappa shape index (κ2) is 9.16. The molecule has 2 aromatic rings. The zero-order valence-electron chi connectivity index (χ0n) is 19.7. The van der Waals surface area contributed by atoms with Crippen molar-refractivity contribution in [1.29, 1.82) is 0 Å². The summed E-state index contributed by atoms with van der Waals surface area (Å²) in [5, 5.41) is 1.09. The lowest BCUT2D eigenvalue weighted by atomic mass is 9.81. The fraction of sp³-hybridized carbons (Fsp3) is 0.654. The summed E-state index contributed by atoms with van der Waals surface area (Å²) in [5.74, 6) is 0.856. The molecule has 1 atom stereocenters. The molecule has 32 heavy (non-hydrogen) atoms. The maximum atomic E-state index is 13.1. The average molecular weight is 439 g/mol. The quantitative estimate of drug-likeness (QED) is 0.793. The van der Waals surface area contributed by atoms with E-state index in [0.717, 1.165) is 62.2 Å². The molecule has 0 aliphatic carbocycles. The number of aromatic nitrogens is 1. The van der Waals surface area contributed by atoms with Gasteiger partial charge in [-0.1, -0.05) is 32.0 Å². The van der Waals surface area contributed by atoms with Gasteiger partial charge in [-0.15, -0.1) is 0 Å². The molecule has 1 aromatic heterocycles. The van der Waals surface area contributed by atoms with Crippen molar-refractivity contribution >= 4 is 16.8 Å². The van der Waals surface area contributed by atoms with Crippen molar-refractivity contribution in [3.63, 3.8) is 0 Å². The molecule has 0 radical (unpaired) electrons. The van der Waals surface area contributed by atoms with Gasteiger partial charge >= 0.3 is 0 Å². The van der Waals surface area contributed by atoms with E-state index in [0.29, 0.717) is 11.7 Å². The summed E-state index contributed by atoms with van der Waals surface area (Å²) >= 11 is 0. The number of nitrogens with one attached hydrogen (secondary N) is 1. The fourth-order valence-electron chi connectivity index (χ4n) is 5.97. The monoisotopic (exact) mass is 438 g/mol. The third-order valence-corrected chi connectivity index (χ3v) is 7.74. The van der Waals surface area contributed by atoms with Gasteiger partial charge in [0.25, 0.3) is 5.91 Å². The first-order valence-electron chi connectivity index (χ1n) is 12.5. The van der Waals surface area contributed by atoms with Gasteiger partial charge in [0.05, 0.1) is 5.60 Å². The molecule has 3 aliphatic rings. The largest absolute Gasteiger partial charge is 0.375 e. The third kappa shape index (κ3) is 4.59. The number of likely N-dealkylation sites (tertiary alicyclic amines) is 1. The Morgan fingerprint density at radius 1 is 1.12 bits per heavy atom. The van der Waals surface area contributed by atoms with Gasteiger partial charge in [-0.3, -0.25) is 9.69 Å². The van der Waals surface area contributed by atoms with Crippen LogP contribution < -0.4 is 0 Å². The second-order valence-corrected chi connectivity index (χ2v) is 10.5. The zero-order chi connectivity index (χ0) is 22.1. The van der Waals surface area contributed by atoms with Crippen molar-refractivity contribution in [2.45, 2.75) is 51.2 Å². The van der Waals surface area contributed by atoms with Crippen molar-refractivity contribution in [1.82, 2.24) is 19.7 Å². The first-order valence-corrected chi connectivity index (χ1v) is 12.5. The fourth-order valence-corrected chi connectivity index (χ4v) is 5.97. The van der Waals surface area contributed by atoms with Crippen LogP contribution in [0, 0.1) is 5.92 Å². The molecule has 0 saturated carbocycles. The molecule has 4 heterocycles. The van der Waals surface area contributed by atoms with E-state index in [-0.39, 0.29) is 11.5 Å². The number of ether oxygens (including phenoxy) is 1. The standard InChI is InChI=1S/C26H38N4O2/c1-20(2)19-28-12-14-29(15-13-28)22-7-16-32-26(18-22)8-10-30(11-9-26)25(31)24-17-21-5-3-4-6-23(21)27-24/h3-6,17,20,22,27H,7-16,18-19H2,1-2H3. The highest BCUT2D eigenvalue weighted by Gasteiger charge is 2.43. The molecule has 174 valence electrons. The lowest BCUT2D eigenvalue weighted by Crippen LogP contribution is -2.57. The van der Waals surface area contributed by atoms with Crippen LogP contribution in [0.4, 0.5) is 0 Å². The van der Waals surface area contributed by atoms with Crippen LogP contribution in [0.5, 0.6) is 0 Å². The molecular formula is C26H38N4O2. The van der Waals surface area contributed by atoms with Crippen molar-refractivity contribution < 1.29 is 9.53 Å². The Labute approximate surface area is 191 Å². The van der Waals surface area contributed by atoms with E-state index in [9.17, 15) is 4.79 Å². The number of carbonyl (C=O) groups is 1. The minimum atomic E-state index is -0.0464. The Morgan fingerprint density at radius 3 is 2.59 bits per heavy atom. The Balaban J connectivity index is 1.16. The lowest BCUT2D eigenvalue weighted by Gasteiger charge is -2.49. The number of piperazine rings is 1. The van der Waals surface area contributed by atoms with Gasteiger partial charge in [0.2, 0.25) is 0 Å². The van der Waals surface area contributed by atoms with Gasteiger partial charge in [0.1, 0.15) is 5.69 Å². The summed E-state index contributed by atoms with van der Waals surface area (Å²) in [6, 6.07) is 10.7. The summed E-state index contributed by atoms with van der Waals surface area (Å²) in [7, 11) is 0. The Hall–Kier alpha value is -1.89. The molecule has 1 aromatic carbocycles. The topological polar surface area (TPSA) is 51.8 Å². The zero-order valence-corrected chi connectivity index (χ0v) is 19.7. The number of H-pyrrole nitrogens is 1. The van der Waals surface area contributed by atoms with Gasteiger partial charge in [-0.05, 0) is 43.7 Å². The lowest BCUT2D eigenvalue weighted by molar-refractivity contribution is -0.132. The summed E-state index contributed by atoms with van der Waals surface area (Å²) in [5.41, 5.74) is 1.68. The van der Waals surface area contributed by atoms with Crippen LogP contribution in [-0.4, -0.2) is 89.7 Å². The molecule has 3 fully saturated rings. The van der Waals surface area contributed by atoms with Crippen molar-refractivity contribution in [2.75, 3.05) is 52.4 Å². The highest BCUT2D eigenvalue weighted by atomic mass is 16.5. The van der Waals surface area contributed by atoms with Gasteiger partial charge < -0.3 is 19.5 Å². The second-order valence-electron chi connectivity index (χ2n) is 10.5. The molecule has 5 rings (SSSR count). The Bertz CT molecular complexity index is 890. The van der Waals surface area contributed by atoms with E-state index in [1.807, 2.05) is 35.2 Å². The van der Waals surface area contributed by atoms with E-state index in [1.54, 1.807) is 0 Å². The first kappa shape index (κ1) is 21.9. The predicted octanol–water partition coefficient (Wildman–Crippen LogP) is 3.60. The number of hydrogen-bond acceptors (Lipinski definition) is 4. The number of hydrogen-bond donors (Lipinski definition) is 1. The van der Waals surface area contributed by atoms with Crippen LogP contribution in [0.1, 0.15) is 50.0 Å². The smallest absolute Gasteiger partial charge is 0.270 e. The number of piperidine rings is 1. The van der Waals surface area contributed by atoms with Crippen LogP contribution in [0.25, 0.3) is 10.9 Å². The summed E-state index contributed by atoms with van der Waals surface area (Å²) < 4.78 is 6.40. The number of nitrogens with zero attached hydrogens (tertiary/aromatic N) is 3. The van der Waals surface area contributed by atoms with Crippen LogP contribution in [0.15, 0.2) is 30.3 Å². The van der Waals surface area contributed by atoms with E-state index < -0.39 is 0 Å². The number of aromatic amines is 1. The molecule has 1 N–H and O–H groups in total. The Kier molecular flexibility index (Phi) is 6.28. The van der Waals surface area contributed by atoms with Gasteiger partial charge in [0, 0.05) is 69.4 Å². The predicted molar refractivity (Wildman–Crippen MR) is 128 cm³/mol. The van der Waals surface area contributed by atoms with Gasteiger partial charge in [-0.25, -0.2) is 0 Å². The minimum Gasteiger partial charge on any atom is -0.375 e. The number of carbonyl (C=O) groups excluding carboxylic acids is 1. The van der Waals surface area contributed by atoms with E-state index >= 15 is 0 Å². The molecule has 6 nitrogen and oxygen atoms in total. The molecular weight excluding hydrogens is 400 g/mol. The number of para-hydroxylation sites is 1. The van der Waals surface area contributed by atoms with E-state index in [4.69, 9.17) is 4.74 Å². The highest BCUT2D eigenvalue weighted by molar-refractivity contribution is 5.98. The highest BCUT2D eigenvalue weighted by Crippen LogP contribution is 2.37. The maximum absolute atomic E-state index is 13.1.